The van der Waals surface area contributed by atoms with Crippen LogP contribution in [0.5, 0.6) is 0 Å². The van der Waals surface area contributed by atoms with Crippen molar-refractivity contribution < 1.29 is 13.9 Å². The summed E-state index contributed by atoms with van der Waals surface area (Å²) in [5, 5.41) is 0. The molecule has 1 rings (SSSR count). The van der Waals surface area contributed by atoms with E-state index in [2.05, 4.69) is 0 Å². The molecule has 0 aliphatic heterocycles. The third-order valence-electron chi connectivity index (χ3n) is 2.66. The zero-order valence-electron chi connectivity index (χ0n) is 10.1. The topological polar surface area (TPSA) is 26.3 Å². The molecule has 1 aromatic carbocycles. The Bertz CT molecular complexity index is 386. The van der Waals surface area contributed by atoms with Crippen LogP contribution in [-0.2, 0) is 9.53 Å². The number of carbonyl (C=O) groups excluding carboxylic acids is 1. The summed E-state index contributed by atoms with van der Waals surface area (Å²) < 4.78 is 17.9. The minimum atomic E-state index is -0.329. The zero-order valence-corrected chi connectivity index (χ0v) is 10.1. The normalized spacial score (nSPS) is 12.6. The van der Waals surface area contributed by atoms with E-state index in [0.29, 0.717) is 5.56 Å². The van der Waals surface area contributed by atoms with Crippen molar-refractivity contribution in [3.63, 3.8) is 0 Å². The highest BCUT2D eigenvalue weighted by Gasteiger charge is 2.25. The van der Waals surface area contributed by atoms with Crippen molar-refractivity contribution >= 4 is 5.97 Å². The lowest BCUT2D eigenvalue weighted by atomic mass is 9.88. The highest BCUT2D eigenvalue weighted by Crippen LogP contribution is 2.27. The van der Waals surface area contributed by atoms with Crippen LogP contribution >= 0.6 is 0 Å². The Morgan fingerprint density at radius 3 is 2.44 bits per heavy atom. The third-order valence-corrected chi connectivity index (χ3v) is 2.66. The molecular formula is C13H17FO2. The first kappa shape index (κ1) is 12.7. The van der Waals surface area contributed by atoms with Crippen LogP contribution in [0.25, 0.3) is 0 Å². The lowest BCUT2D eigenvalue weighted by Gasteiger charge is -2.19. The number of benzene rings is 1. The summed E-state index contributed by atoms with van der Waals surface area (Å²) in [6.07, 6.45) is 0. The van der Waals surface area contributed by atoms with E-state index in [0.717, 1.165) is 5.56 Å². The molecule has 1 aromatic rings. The summed E-state index contributed by atoms with van der Waals surface area (Å²) in [4.78, 5) is 11.6. The van der Waals surface area contributed by atoms with Gasteiger partial charge in [-0.25, -0.2) is 4.39 Å². The lowest BCUT2D eigenvalue weighted by Crippen LogP contribution is -2.19. The minimum absolute atomic E-state index is 0.123. The summed E-state index contributed by atoms with van der Waals surface area (Å²) in [5.41, 5.74) is 1.35. The van der Waals surface area contributed by atoms with Gasteiger partial charge in [-0.2, -0.15) is 0 Å². The molecule has 0 aromatic heterocycles. The Morgan fingerprint density at radius 2 is 2.00 bits per heavy atom. The molecular weight excluding hydrogens is 207 g/mol. The Hall–Kier alpha value is -1.38. The van der Waals surface area contributed by atoms with E-state index in [-0.39, 0.29) is 23.6 Å². The van der Waals surface area contributed by atoms with Gasteiger partial charge in [0.05, 0.1) is 13.0 Å². The molecule has 0 spiro atoms. The predicted molar refractivity (Wildman–Crippen MR) is 60.7 cm³/mol. The summed E-state index contributed by atoms with van der Waals surface area (Å²) in [5.74, 6) is -0.737. The molecule has 0 fully saturated rings. The molecule has 0 aliphatic carbocycles. The zero-order chi connectivity index (χ0) is 12.3. The molecule has 88 valence electrons. The molecule has 0 N–H and O–H groups in total. The lowest BCUT2D eigenvalue weighted by molar-refractivity contribution is -0.143. The number of carbonyl (C=O) groups is 1. The molecule has 0 heterocycles. The van der Waals surface area contributed by atoms with Crippen LogP contribution in [0.2, 0.25) is 0 Å². The summed E-state index contributed by atoms with van der Waals surface area (Å²) in [6.45, 7) is 5.58. The van der Waals surface area contributed by atoms with E-state index >= 15 is 0 Å². The Balaban J connectivity index is 3.11. The second kappa shape index (κ2) is 5.10. The predicted octanol–water partition coefficient (Wildman–Crippen LogP) is 3.05. The van der Waals surface area contributed by atoms with Crippen molar-refractivity contribution in [1.82, 2.24) is 0 Å². The largest absolute Gasteiger partial charge is 0.469 e. The molecule has 16 heavy (non-hydrogen) atoms. The van der Waals surface area contributed by atoms with Crippen molar-refractivity contribution in [3.05, 3.63) is 35.1 Å². The van der Waals surface area contributed by atoms with Crippen LogP contribution in [0, 0.1) is 18.7 Å². The van der Waals surface area contributed by atoms with Gasteiger partial charge in [-0.05, 0) is 30.0 Å². The van der Waals surface area contributed by atoms with Gasteiger partial charge in [0, 0.05) is 0 Å². The van der Waals surface area contributed by atoms with E-state index < -0.39 is 0 Å². The van der Waals surface area contributed by atoms with Gasteiger partial charge in [0.25, 0.3) is 0 Å². The molecule has 1 unspecified atom stereocenters. The second-order valence-electron chi connectivity index (χ2n) is 4.25. The van der Waals surface area contributed by atoms with Gasteiger partial charge in [0.15, 0.2) is 0 Å². The maximum absolute atomic E-state index is 13.1. The highest BCUT2D eigenvalue weighted by atomic mass is 19.1. The van der Waals surface area contributed by atoms with Crippen LogP contribution in [0.3, 0.4) is 0 Å². The highest BCUT2D eigenvalue weighted by molar-refractivity contribution is 5.78. The molecule has 0 saturated carbocycles. The van der Waals surface area contributed by atoms with E-state index in [1.165, 1.54) is 13.2 Å². The van der Waals surface area contributed by atoms with Crippen molar-refractivity contribution in [2.24, 2.45) is 5.92 Å². The fourth-order valence-corrected chi connectivity index (χ4v) is 1.78. The van der Waals surface area contributed by atoms with Crippen LogP contribution in [0.4, 0.5) is 4.39 Å². The fraction of sp³-hybridized carbons (Fsp3) is 0.462. The summed E-state index contributed by atoms with van der Waals surface area (Å²) in [6, 6.07) is 4.74. The number of ether oxygens (including phenoxy) is 1. The van der Waals surface area contributed by atoms with Gasteiger partial charge in [-0.15, -0.1) is 0 Å². The molecule has 0 saturated heterocycles. The smallest absolute Gasteiger partial charge is 0.313 e. The van der Waals surface area contributed by atoms with Gasteiger partial charge >= 0.3 is 5.97 Å². The SMILES string of the molecule is COC(=O)C(c1ccc(F)c(C)c1)C(C)C. The number of aryl methyl sites for hydroxylation is 1. The summed E-state index contributed by atoms with van der Waals surface area (Å²) >= 11 is 0. The average Bonchev–Trinajstić information content (AvgIpc) is 2.22. The van der Waals surface area contributed by atoms with Crippen LogP contribution in [-0.4, -0.2) is 13.1 Å². The Labute approximate surface area is 95.4 Å². The second-order valence-corrected chi connectivity index (χ2v) is 4.25. The van der Waals surface area contributed by atoms with E-state index in [1.807, 2.05) is 13.8 Å². The van der Waals surface area contributed by atoms with Gasteiger partial charge in [-0.3, -0.25) is 4.79 Å². The maximum Gasteiger partial charge on any atom is 0.313 e. The van der Waals surface area contributed by atoms with E-state index in [4.69, 9.17) is 4.74 Å². The van der Waals surface area contributed by atoms with Gasteiger partial charge < -0.3 is 4.74 Å². The van der Waals surface area contributed by atoms with Crippen LogP contribution in [0.15, 0.2) is 18.2 Å². The minimum Gasteiger partial charge on any atom is -0.469 e. The first-order valence-electron chi connectivity index (χ1n) is 5.31. The standard InChI is InChI=1S/C13H17FO2/c1-8(2)12(13(15)16-4)10-5-6-11(14)9(3)7-10/h5-8,12H,1-4H3. The van der Waals surface area contributed by atoms with Crippen LogP contribution in [0.1, 0.15) is 30.9 Å². The maximum atomic E-state index is 13.1. The number of hydrogen-bond acceptors (Lipinski definition) is 2. The van der Waals surface area contributed by atoms with Gasteiger partial charge in [0.2, 0.25) is 0 Å². The average molecular weight is 224 g/mol. The number of rotatable bonds is 3. The van der Waals surface area contributed by atoms with Gasteiger partial charge in [0.1, 0.15) is 5.82 Å². The molecule has 0 aliphatic rings. The number of hydrogen-bond donors (Lipinski definition) is 0. The first-order chi connectivity index (χ1) is 7.47. The van der Waals surface area contributed by atoms with E-state index in [1.54, 1.807) is 19.1 Å². The van der Waals surface area contributed by atoms with Crippen molar-refractivity contribution in [2.75, 3.05) is 7.11 Å². The third kappa shape index (κ3) is 2.60. The van der Waals surface area contributed by atoms with E-state index in [9.17, 15) is 9.18 Å². The molecule has 0 radical (unpaired) electrons. The Morgan fingerprint density at radius 1 is 1.38 bits per heavy atom. The number of methoxy groups -OCH3 is 1. The molecule has 1 atom stereocenters. The monoisotopic (exact) mass is 224 g/mol. The van der Waals surface area contributed by atoms with Gasteiger partial charge in [-0.1, -0.05) is 26.0 Å². The number of esters is 1. The molecule has 0 amide bonds. The molecule has 3 heteroatoms. The quantitative estimate of drug-likeness (QED) is 0.738. The van der Waals surface area contributed by atoms with Crippen LogP contribution < -0.4 is 0 Å². The molecule has 2 nitrogen and oxygen atoms in total. The first-order valence-corrected chi connectivity index (χ1v) is 5.31. The van der Waals surface area contributed by atoms with Crippen molar-refractivity contribution in [3.8, 4) is 0 Å². The fourth-order valence-electron chi connectivity index (χ4n) is 1.78. The molecule has 0 bridgehead atoms. The number of halogens is 1. The van der Waals surface area contributed by atoms with Crippen molar-refractivity contribution in [1.29, 1.82) is 0 Å². The summed E-state index contributed by atoms with van der Waals surface area (Å²) in [7, 11) is 1.37. The van der Waals surface area contributed by atoms with Crippen molar-refractivity contribution in [2.45, 2.75) is 26.7 Å². The Kier molecular flexibility index (Phi) is 4.05.